The molecule has 10 heteroatoms. The molecule has 0 amide bonds. The molecule has 0 radical (unpaired) electrons. The Morgan fingerprint density at radius 1 is 0.838 bits per heavy atom. The first-order valence-electron chi connectivity index (χ1n) is 12.5. The zero-order valence-electron chi connectivity index (χ0n) is 21.3. The first-order chi connectivity index (χ1) is 18.1. The highest BCUT2D eigenvalue weighted by atomic mass is 32.1. The van der Waals surface area contributed by atoms with E-state index in [2.05, 4.69) is 86.0 Å². The first-order valence-corrected chi connectivity index (χ1v) is 14.2. The van der Waals surface area contributed by atoms with E-state index in [-0.39, 0.29) is 0 Å². The van der Waals surface area contributed by atoms with Gasteiger partial charge in [-0.25, -0.2) is 4.98 Å². The van der Waals surface area contributed by atoms with Crippen molar-refractivity contribution in [3.05, 3.63) is 70.7 Å². The van der Waals surface area contributed by atoms with Crippen LogP contribution in [-0.2, 0) is 6.42 Å². The molecule has 0 aliphatic carbocycles. The number of azo groups is 1. The summed E-state index contributed by atoms with van der Waals surface area (Å²) in [4.78, 5) is 7.96. The fourth-order valence-electron chi connectivity index (χ4n) is 4.11. The van der Waals surface area contributed by atoms with Gasteiger partial charge < -0.3 is 21.2 Å². The maximum absolute atomic E-state index is 4.38. The third kappa shape index (κ3) is 6.39. The molecular weight excluding hydrogens is 500 g/mol. The lowest BCUT2D eigenvalue weighted by molar-refractivity contribution is 0.949. The minimum atomic E-state index is 0.686. The normalized spacial score (nSPS) is 13.3. The number of aromatic nitrogens is 1. The van der Waals surface area contributed by atoms with Crippen molar-refractivity contribution in [2.75, 3.05) is 39.7 Å². The zero-order valence-corrected chi connectivity index (χ0v) is 23.0. The molecule has 4 N–H and O–H groups in total. The molecule has 8 nitrogen and oxygen atoms in total. The summed E-state index contributed by atoms with van der Waals surface area (Å²) < 4.78 is 0. The molecular formula is C27H32N8S2. The fourth-order valence-corrected chi connectivity index (χ4v) is 5.69. The van der Waals surface area contributed by atoms with E-state index in [9.17, 15) is 0 Å². The first kappa shape index (κ1) is 25.0. The maximum Gasteiger partial charge on any atom is 0.230 e. The van der Waals surface area contributed by atoms with Crippen LogP contribution >= 0.6 is 22.7 Å². The Morgan fingerprint density at radius 3 is 2.32 bits per heavy atom. The van der Waals surface area contributed by atoms with Crippen LogP contribution in [-0.4, -0.2) is 18.1 Å². The van der Waals surface area contributed by atoms with Crippen molar-refractivity contribution in [3.8, 4) is 0 Å². The smallest absolute Gasteiger partial charge is 0.230 e. The molecule has 192 valence electrons. The summed E-state index contributed by atoms with van der Waals surface area (Å²) in [6, 6.07) is 16.6. The third-order valence-corrected chi connectivity index (χ3v) is 8.32. The van der Waals surface area contributed by atoms with Crippen molar-refractivity contribution in [2.24, 2.45) is 10.2 Å². The van der Waals surface area contributed by atoms with E-state index >= 15 is 0 Å². The molecule has 0 saturated carbocycles. The number of hydrogen-bond donors (Lipinski definition) is 4. The van der Waals surface area contributed by atoms with Crippen LogP contribution in [0.5, 0.6) is 0 Å². The van der Waals surface area contributed by atoms with E-state index in [1.165, 1.54) is 22.7 Å². The van der Waals surface area contributed by atoms with Crippen LogP contribution in [0.3, 0.4) is 0 Å². The number of nitrogens with one attached hydrogen (secondary N) is 4. The summed E-state index contributed by atoms with van der Waals surface area (Å²) in [7, 11) is 0. The lowest BCUT2D eigenvalue weighted by Gasteiger charge is -2.15. The standard InChI is InChI=1S/C27H32N8S2/c1-4-22-17-28-27(36-22)34-32-24-10-7-20(15-19(24)3)29-31-23-9-8-21(16-18(23)2)30-33-25-11-12-26(37-25)35-13-5-6-14-35/h7-12,15-17,29-31,33H,4-6,13-14H2,1-3H3. The van der Waals surface area contributed by atoms with Gasteiger partial charge in [-0.15, -0.1) is 10.2 Å². The van der Waals surface area contributed by atoms with E-state index in [1.807, 2.05) is 31.3 Å². The average molecular weight is 533 g/mol. The second-order valence-corrected chi connectivity index (χ2v) is 11.2. The van der Waals surface area contributed by atoms with Gasteiger partial charge in [-0.05, 0) is 92.8 Å². The summed E-state index contributed by atoms with van der Waals surface area (Å²) in [5, 5.41) is 11.8. The Balaban J connectivity index is 1.14. The highest BCUT2D eigenvalue weighted by Gasteiger charge is 2.14. The van der Waals surface area contributed by atoms with Crippen LogP contribution in [0.4, 0.5) is 37.9 Å². The van der Waals surface area contributed by atoms with Gasteiger partial charge in [0.15, 0.2) is 0 Å². The van der Waals surface area contributed by atoms with Gasteiger partial charge in [-0.1, -0.05) is 29.6 Å². The van der Waals surface area contributed by atoms with Crippen molar-refractivity contribution >= 4 is 60.6 Å². The van der Waals surface area contributed by atoms with Gasteiger partial charge in [0.1, 0.15) is 5.00 Å². The van der Waals surface area contributed by atoms with Crippen molar-refractivity contribution in [1.82, 2.24) is 4.98 Å². The van der Waals surface area contributed by atoms with E-state index in [1.54, 1.807) is 22.7 Å². The predicted molar refractivity (Wildman–Crippen MR) is 158 cm³/mol. The number of nitrogens with zero attached hydrogens (tertiary/aromatic N) is 4. The van der Waals surface area contributed by atoms with E-state index in [0.717, 1.165) is 58.4 Å². The molecule has 1 aliphatic heterocycles. The van der Waals surface area contributed by atoms with Gasteiger partial charge in [0.05, 0.1) is 27.8 Å². The molecule has 3 heterocycles. The predicted octanol–water partition coefficient (Wildman–Crippen LogP) is 8.28. The Morgan fingerprint density at radius 2 is 1.59 bits per heavy atom. The number of rotatable bonds is 10. The van der Waals surface area contributed by atoms with Crippen molar-refractivity contribution in [3.63, 3.8) is 0 Å². The number of thiophene rings is 1. The minimum Gasteiger partial charge on any atom is -0.363 e. The van der Waals surface area contributed by atoms with Gasteiger partial charge >= 0.3 is 0 Å². The van der Waals surface area contributed by atoms with Gasteiger partial charge in [0.2, 0.25) is 5.13 Å². The number of benzene rings is 2. The maximum atomic E-state index is 4.38. The highest BCUT2D eigenvalue weighted by Crippen LogP contribution is 2.32. The molecule has 1 fully saturated rings. The van der Waals surface area contributed by atoms with E-state index < -0.39 is 0 Å². The Labute approximate surface area is 225 Å². The fraction of sp³-hybridized carbons (Fsp3) is 0.296. The lowest BCUT2D eigenvalue weighted by Crippen LogP contribution is -2.15. The Kier molecular flexibility index (Phi) is 7.86. The molecule has 1 aliphatic rings. The van der Waals surface area contributed by atoms with Crippen LogP contribution in [0.15, 0.2) is 65.0 Å². The SMILES string of the molecule is CCc1cnc(N=Nc2ccc(NNc3ccc(NNc4ccc(N5CCCC5)s4)cc3C)cc2C)s1. The molecule has 5 rings (SSSR count). The van der Waals surface area contributed by atoms with Gasteiger partial charge in [-0.2, -0.15) is 0 Å². The van der Waals surface area contributed by atoms with Crippen LogP contribution in [0, 0.1) is 13.8 Å². The average Bonchev–Trinajstić information content (AvgIpc) is 3.68. The number of hydrazine groups is 2. The number of anilines is 5. The van der Waals surface area contributed by atoms with Gasteiger partial charge in [0, 0.05) is 24.2 Å². The number of hydrogen-bond acceptors (Lipinski definition) is 10. The van der Waals surface area contributed by atoms with Crippen molar-refractivity contribution in [1.29, 1.82) is 0 Å². The number of aryl methyl sites for hydroxylation is 3. The van der Waals surface area contributed by atoms with Gasteiger partial charge in [0.25, 0.3) is 0 Å². The number of thiazole rings is 1. The highest BCUT2D eigenvalue weighted by molar-refractivity contribution is 7.20. The topological polar surface area (TPSA) is 89.0 Å². The quantitative estimate of drug-likeness (QED) is 0.121. The summed E-state index contributed by atoms with van der Waals surface area (Å²) in [6.07, 6.45) is 5.40. The summed E-state index contributed by atoms with van der Waals surface area (Å²) >= 11 is 3.36. The molecule has 0 bridgehead atoms. The Hall–Kier alpha value is -3.63. The van der Waals surface area contributed by atoms with Gasteiger partial charge in [-0.3, -0.25) is 5.43 Å². The molecule has 2 aromatic heterocycles. The minimum absolute atomic E-state index is 0.686. The molecule has 37 heavy (non-hydrogen) atoms. The summed E-state index contributed by atoms with van der Waals surface area (Å²) in [5.41, 5.74) is 19.2. The molecule has 0 unspecified atom stereocenters. The van der Waals surface area contributed by atoms with Crippen LogP contribution in [0.2, 0.25) is 0 Å². The zero-order chi connectivity index (χ0) is 25.6. The second-order valence-electron chi connectivity index (χ2n) is 9.03. The molecule has 0 spiro atoms. The lowest BCUT2D eigenvalue weighted by atomic mass is 10.2. The Bertz CT molecular complexity index is 1370. The largest absolute Gasteiger partial charge is 0.363 e. The summed E-state index contributed by atoms with van der Waals surface area (Å²) in [6.45, 7) is 8.55. The van der Waals surface area contributed by atoms with Crippen molar-refractivity contribution < 1.29 is 0 Å². The van der Waals surface area contributed by atoms with Crippen molar-refractivity contribution in [2.45, 2.75) is 40.0 Å². The third-order valence-electron chi connectivity index (χ3n) is 6.24. The van der Waals surface area contributed by atoms with Crippen LogP contribution in [0.25, 0.3) is 0 Å². The van der Waals surface area contributed by atoms with Crippen LogP contribution in [0.1, 0.15) is 35.8 Å². The molecule has 0 atom stereocenters. The molecule has 1 saturated heterocycles. The second kappa shape index (κ2) is 11.6. The monoisotopic (exact) mass is 532 g/mol. The molecule has 4 aromatic rings. The summed E-state index contributed by atoms with van der Waals surface area (Å²) in [5.74, 6) is 0. The van der Waals surface area contributed by atoms with E-state index in [4.69, 9.17) is 0 Å². The van der Waals surface area contributed by atoms with Crippen LogP contribution < -0.4 is 26.6 Å². The molecule has 2 aromatic carbocycles. The van der Waals surface area contributed by atoms with E-state index in [0.29, 0.717) is 5.13 Å².